The molecule has 0 aliphatic carbocycles. The third-order valence-electron chi connectivity index (χ3n) is 3.44. The number of H-pyrrole nitrogens is 3. The molecule has 3 aromatic heterocycles. The summed E-state index contributed by atoms with van der Waals surface area (Å²) >= 11 is 0. The Morgan fingerprint density at radius 3 is 2.80 bits per heavy atom. The standard InChI is InChI=1S/C14H11N7O4/c1-2-24-8-5-6(10-17-14(23)25-20-10)3-4-7(8)11-15-12-9(13(22)16-11)18-21-19-12/h3-5H,2H2,1H3,(H,17,20,23)(H2,15,16,18,19,21,22). The van der Waals surface area contributed by atoms with E-state index in [-0.39, 0.29) is 22.8 Å². The molecular formula is C14H11N7O4. The minimum atomic E-state index is -0.653. The number of hydrogen-bond donors (Lipinski definition) is 3. The number of nitrogens with one attached hydrogen (secondary N) is 3. The quantitative estimate of drug-likeness (QED) is 0.483. The number of aromatic amines is 3. The fraction of sp³-hybridized carbons (Fsp3) is 0.143. The summed E-state index contributed by atoms with van der Waals surface area (Å²) in [5.41, 5.74) is 1.05. The van der Waals surface area contributed by atoms with Gasteiger partial charge in [0.05, 0.1) is 12.2 Å². The van der Waals surface area contributed by atoms with Gasteiger partial charge < -0.3 is 9.72 Å². The van der Waals surface area contributed by atoms with Crippen LogP contribution in [0.4, 0.5) is 0 Å². The van der Waals surface area contributed by atoms with Crippen molar-refractivity contribution in [1.29, 1.82) is 0 Å². The highest BCUT2D eigenvalue weighted by Gasteiger charge is 2.15. The minimum Gasteiger partial charge on any atom is -0.493 e. The first-order chi connectivity index (χ1) is 12.2. The van der Waals surface area contributed by atoms with E-state index in [1.54, 1.807) is 18.2 Å². The average molecular weight is 341 g/mol. The Morgan fingerprint density at radius 2 is 2.04 bits per heavy atom. The fourth-order valence-corrected chi connectivity index (χ4v) is 2.38. The molecular weight excluding hydrogens is 330 g/mol. The molecule has 1 aromatic carbocycles. The highest BCUT2D eigenvalue weighted by Crippen LogP contribution is 2.31. The Hall–Kier alpha value is -3.76. The number of ether oxygens (including phenoxy) is 1. The van der Waals surface area contributed by atoms with E-state index in [1.165, 1.54) is 0 Å². The fourth-order valence-electron chi connectivity index (χ4n) is 2.38. The van der Waals surface area contributed by atoms with E-state index in [0.717, 1.165) is 0 Å². The van der Waals surface area contributed by atoms with E-state index in [4.69, 9.17) is 4.74 Å². The summed E-state index contributed by atoms with van der Waals surface area (Å²) in [4.78, 5) is 32.6. The van der Waals surface area contributed by atoms with Gasteiger partial charge in [0.15, 0.2) is 11.3 Å². The SMILES string of the molecule is CCOc1cc(-c2noc(=O)[nH]2)ccc1-c1nc2n[nH]nc2c(=O)[nH]1. The van der Waals surface area contributed by atoms with Crippen LogP contribution in [0.25, 0.3) is 33.9 Å². The smallest absolute Gasteiger partial charge is 0.439 e. The van der Waals surface area contributed by atoms with Gasteiger partial charge in [-0.15, -0.1) is 10.2 Å². The first-order valence-electron chi connectivity index (χ1n) is 7.30. The van der Waals surface area contributed by atoms with Crippen molar-refractivity contribution in [1.82, 2.24) is 35.5 Å². The predicted octanol–water partition coefficient (Wildman–Crippen LogP) is 0.450. The molecule has 25 heavy (non-hydrogen) atoms. The Kier molecular flexibility index (Phi) is 3.38. The highest BCUT2D eigenvalue weighted by atomic mass is 16.5. The van der Waals surface area contributed by atoms with E-state index in [0.29, 0.717) is 23.5 Å². The Balaban J connectivity index is 1.87. The Labute approximate surface area is 138 Å². The first-order valence-corrected chi connectivity index (χ1v) is 7.30. The van der Waals surface area contributed by atoms with Crippen LogP contribution in [0.1, 0.15) is 6.92 Å². The molecule has 0 amide bonds. The van der Waals surface area contributed by atoms with Gasteiger partial charge in [-0.25, -0.2) is 9.78 Å². The molecule has 11 heteroatoms. The van der Waals surface area contributed by atoms with Gasteiger partial charge in [0.1, 0.15) is 11.6 Å². The van der Waals surface area contributed by atoms with Crippen LogP contribution >= 0.6 is 0 Å². The molecule has 0 atom stereocenters. The largest absolute Gasteiger partial charge is 0.493 e. The van der Waals surface area contributed by atoms with Crippen LogP contribution < -0.4 is 16.1 Å². The van der Waals surface area contributed by atoms with Crippen LogP contribution in [-0.4, -0.2) is 42.1 Å². The van der Waals surface area contributed by atoms with Gasteiger partial charge in [-0.2, -0.15) is 5.21 Å². The van der Waals surface area contributed by atoms with Gasteiger partial charge in [0.2, 0.25) is 5.65 Å². The molecule has 0 aliphatic heterocycles. The zero-order chi connectivity index (χ0) is 17.4. The van der Waals surface area contributed by atoms with Crippen LogP contribution in [0.5, 0.6) is 5.75 Å². The second-order valence-electron chi connectivity index (χ2n) is 5.00. The average Bonchev–Trinajstić information content (AvgIpc) is 3.24. The molecule has 0 radical (unpaired) electrons. The Morgan fingerprint density at radius 1 is 1.16 bits per heavy atom. The van der Waals surface area contributed by atoms with Crippen molar-refractivity contribution in [3.05, 3.63) is 39.1 Å². The van der Waals surface area contributed by atoms with E-state index in [1.807, 2.05) is 6.92 Å². The molecule has 0 saturated carbocycles. The van der Waals surface area contributed by atoms with Gasteiger partial charge in [-0.1, -0.05) is 11.2 Å². The number of rotatable bonds is 4. The first kappa shape index (κ1) is 14.8. The summed E-state index contributed by atoms with van der Waals surface area (Å²) in [7, 11) is 0. The second-order valence-corrected chi connectivity index (χ2v) is 5.00. The molecule has 0 saturated heterocycles. The molecule has 4 aromatic rings. The predicted molar refractivity (Wildman–Crippen MR) is 85.0 cm³/mol. The lowest BCUT2D eigenvalue weighted by Gasteiger charge is -2.10. The van der Waals surface area contributed by atoms with Crippen LogP contribution in [0.2, 0.25) is 0 Å². The number of nitrogens with zero attached hydrogens (tertiary/aromatic N) is 4. The van der Waals surface area contributed by atoms with Crippen LogP contribution in [-0.2, 0) is 0 Å². The van der Waals surface area contributed by atoms with Crippen molar-refractivity contribution in [2.45, 2.75) is 6.92 Å². The third-order valence-corrected chi connectivity index (χ3v) is 3.44. The maximum atomic E-state index is 12.1. The summed E-state index contributed by atoms with van der Waals surface area (Å²) in [5.74, 6) is 0.357. The maximum absolute atomic E-state index is 12.1. The molecule has 126 valence electrons. The van der Waals surface area contributed by atoms with Gasteiger partial charge in [-0.05, 0) is 19.1 Å². The van der Waals surface area contributed by atoms with E-state index in [2.05, 4.69) is 40.0 Å². The molecule has 0 fully saturated rings. The normalized spacial score (nSPS) is 11.1. The van der Waals surface area contributed by atoms with Gasteiger partial charge in [-0.3, -0.25) is 14.3 Å². The summed E-state index contributed by atoms with van der Waals surface area (Å²) < 4.78 is 10.1. The number of fused-ring (bicyclic) bond motifs is 1. The van der Waals surface area contributed by atoms with Crippen molar-refractivity contribution < 1.29 is 9.26 Å². The third kappa shape index (κ3) is 2.56. The summed E-state index contributed by atoms with van der Waals surface area (Å²) in [6, 6.07) is 5.05. The van der Waals surface area contributed by atoms with E-state index in [9.17, 15) is 9.59 Å². The van der Waals surface area contributed by atoms with Crippen LogP contribution in [0.3, 0.4) is 0 Å². The van der Waals surface area contributed by atoms with Crippen molar-refractivity contribution in [2.75, 3.05) is 6.61 Å². The molecule has 0 aliphatic rings. The number of hydrogen-bond acceptors (Lipinski definition) is 8. The topological polar surface area (TPSA) is 155 Å². The summed E-state index contributed by atoms with van der Waals surface area (Å²) in [5, 5.41) is 13.6. The zero-order valence-electron chi connectivity index (χ0n) is 12.9. The van der Waals surface area contributed by atoms with Crippen LogP contribution in [0, 0.1) is 0 Å². The maximum Gasteiger partial charge on any atom is 0.439 e. The number of aromatic nitrogens is 7. The minimum absolute atomic E-state index is 0.124. The lowest BCUT2D eigenvalue weighted by molar-refractivity contribution is 0.341. The lowest BCUT2D eigenvalue weighted by atomic mass is 10.1. The molecule has 4 rings (SSSR count). The van der Waals surface area contributed by atoms with E-state index >= 15 is 0 Å². The van der Waals surface area contributed by atoms with Crippen molar-refractivity contribution >= 4 is 11.2 Å². The highest BCUT2D eigenvalue weighted by molar-refractivity contribution is 5.75. The molecule has 11 nitrogen and oxygen atoms in total. The van der Waals surface area contributed by atoms with E-state index < -0.39 is 11.3 Å². The van der Waals surface area contributed by atoms with Crippen molar-refractivity contribution in [3.63, 3.8) is 0 Å². The zero-order valence-corrected chi connectivity index (χ0v) is 12.9. The van der Waals surface area contributed by atoms with Crippen molar-refractivity contribution in [3.8, 4) is 28.5 Å². The van der Waals surface area contributed by atoms with Gasteiger partial charge in [0.25, 0.3) is 5.56 Å². The van der Waals surface area contributed by atoms with Crippen LogP contribution in [0.15, 0.2) is 32.3 Å². The van der Waals surface area contributed by atoms with Crippen molar-refractivity contribution in [2.24, 2.45) is 0 Å². The molecule has 0 bridgehead atoms. The molecule has 3 heterocycles. The summed E-state index contributed by atoms with van der Waals surface area (Å²) in [6.07, 6.45) is 0. The lowest BCUT2D eigenvalue weighted by Crippen LogP contribution is -2.10. The molecule has 0 unspecified atom stereocenters. The second kappa shape index (κ2) is 5.70. The van der Waals surface area contributed by atoms with Gasteiger partial charge >= 0.3 is 5.76 Å². The molecule has 3 N–H and O–H groups in total. The van der Waals surface area contributed by atoms with Gasteiger partial charge in [0, 0.05) is 5.56 Å². The Bertz CT molecular complexity index is 1170. The molecule has 0 spiro atoms. The summed E-state index contributed by atoms with van der Waals surface area (Å²) in [6.45, 7) is 2.22. The monoisotopic (exact) mass is 341 g/mol. The number of benzene rings is 1.